The predicted molar refractivity (Wildman–Crippen MR) is 129 cm³/mol. The van der Waals surface area contributed by atoms with E-state index in [1.165, 1.54) is 17.7 Å². The van der Waals surface area contributed by atoms with E-state index in [9.17, 15) is 9.90 Å². The van der Waals surface area contributed by atoms with Crippen LogP contribution in [0.5, 0.6) is 5.75 Å². The maximum atomic E-state index is 13.4. The molecule has 0 unspecified atom stereocenters. The van der Waals surface area contributed by atoms with E-state index in [1.54, 1.807) is 0 Å². The lowest BCUT2D eigenvalue weighted by Crippen LogP contribution is -3.08. The maximum absolute atomic E-state index is 13.4. The van der Waals surface area contributed by atoms with Crippen molar-refractivity contribution in [3.63, 3.8) is 0 Å². The highest BCUT2D eigenvalue weighted by Crippen LogP contribution is 2.40. The summed E-state index contributed by atoms with van der Waals surface area (Å²) in [7, 11) is 4.08. The number of rotatable bonds is 7. The summed E-state index contributed by atoms with van der Waals surface area (Å²) >= 11 is 3.56. The topological polar surface area (TPSA) is 60.3 Å². The molecule has 7 heteroatoms. The van der Waals surface area contributed by atoms with Gasteiger partial charge in [-0.1, -0.05) is 18.2 Å². The molecule has 170 valence electrons. The van der Waals surface area contributed by atoms with Gasteiger partial charge in [-0.25, -0.2) is 4.79 Å². The van der Waals surface area contributed by atoms with Gasteiger partial charge in [-0.2, -0.15) is 0 Å². The molecule has 1 fully saturated rings. The second-order valence-corrected chi connectivity index (χ2v) is 9.66. The molecule has 0 aliphatic carbocycles. The first-order valence-electron chi connectivity index (χ1n) is 11.3. The molecule has 0 atom stereocenters. The maximum Gasteiger partial charge on any atom is 0.340 e. The van der Waals surface area contributed by atoms with Crippen molar-refractivity contribution in [1.82, 2.24) is 4.57 Å². The van der Waals surface area contributed by atoms with Gasteiger partial charge in [-0.3, -0.25) is 0 Å². The van der Waals surface area contributed by atoms with Crippen molar-refractivity contribution in [2.45, 2.75) is 32.9 Å². The second kappa shape index (κ2) is 9.65. The number of carbonyl (C=O) groups is 1. The summed E-state index contributed by atoms with van der Waals surface area (Å²) in [6.07, 6.45) is 2.41. The number of hydrogen-bond acceptors (Lipinski definition) is 3. The Balaban J connectivity index is 2.10. The number of esters is 1. The van der Waals surface area contributed by atoms with Crippen LogP contribution in [0.1, 0.15) is 41.4 Å². The first-order valence-corrected chi connectivity index (χ1v) is 12.1. The number of hydrogen-bond donors (Lipinski definition) is 3. The Morgan fingerprint density at radius 2 is 1.91 bits per heavy atom. The van der Waals surface area contributed by atoms with E-state index in [2.05, 4.69) is 32.6 Å². The lowest BCUT2D eigenvalue weighted by Gasteiger charge is -2.16. The van der Waals surface area contributed by atoms with E-state index in [1.807, 2.05) is 45.3 Å². The largest absolute Gasteiger partial charge is 0.506 e. The van der Waals surface area contributed by atoms with Gasteiger partial charge in [0.2, 0.25) is 0 Å². The molecule has 0 saturated carbocycles. The van der Waals surface area contributed by atoms with Crippen molar-refractivity contribution in [2.75, 3.05) is 33.8 Å². The van der Waals surface area contributed by atoms with Crippen molar-refractivity contribution in [3.8, 4) is 11.4 Å². The molecule has 1 aromatic heterocycles. The summed E-state index contributed by atoms with van der Waals surface area (Å²) < 4.78 is 8.38. The fraction of sp³-hybridized carbons (Fsp3) is 0.400. The van der Waals surface area contributed by atoms with Crippen LogP contribution >= 0.6 is 15.9 Å². The van der Waals surface area contributed by atoms with E-state index >= 15 is 0 Å². The quantitative estimate of drug-likeness (QED) is 0.434. The molecule has 0 spiro atoms. The molecule has 2 heterocycles. The van der Waals surface area contributed by atoms with Gasteiger partial charge < -0.3 is 24.2 Å². The zero-order chi connectivity index (χ0) is 22.8. The van der Waals surface area contributed by atoms with Gasteiger partial charge in [0.1, 0.15) is 18.8 Å². The van der Waals surface area contributed by atoms with Crippen LogP contribution in [-0.4, -0.2) is 49.4 Å². The number of benzene rings is 2. The van der Waals surface area contributed by atoms with Crippen LogP contribution < -0.4 is 9.80 Å². The minimum absolute atomic E-state index is 0.189. The number of para-hydroxylation sites is 1. The average molecular weight is 502 g/mol. The Kier molecular flexibility index (Phi) is 6.88. The van der Waals surface area contributed by atoms with E-state index < -0.39 is 0 Å². The van der Waals surface area contributed by atoms with Crippen molar-refractivity contribution >= 4 is 32.8 Å². The zero-order valence-electron chi connectivity index (χ0n) is 19.0. The van der Waals surface area contributed by atoms with Crippen molar-refractivity contribution in [3.05, 3.63) is 57.7 Å². The first kappa shape index (κ1) is 22.8. The summed E-state index contributed by atoms with van der Waals surface area (Å²) in [5, 5.41) is 11.8. The molecular formula is C25H32BrN3O3+2. The van der Waals surface area contributed by atoms with Crippen molar-refractivity contribution in [1.29, 1.82) is 0 Å². The number of carbonyl (C=O) groups excluding carboxylic acids is 1. The number of halogens is 1. The molecule has 1 aliphatic heterocycles. The minimum Gasteiger partial charge on any atom is -0.506 e. The van der Waals surface area contributed by atoms with Crippen molar-refractivity contribution < 1.29 is 24.4 Å². The number of aromatic hydroxyl groups is 1. The summed E-state index contributed by atoms with van der Waals surface area (Å²) in [5.41, 5.74) is 4.22. The Morgan fingerprint density at radius 1 is 1.22 bits per heavy atom. The Hall–Kier alpha value is -2.35. The fourth-order valence-corrected chi connectivity index (χ4v) is 5.27. The molecule has 3 aromatic rings. The molecule has 3 N–H and O–H groups in total. The summed E-state index contributed by atoms with van der Waals surface area (Å²) in [4.78, 5) is 16.0. The molecule has 4 rings (SSSR count). The second-order valence-electron chi connectivity index (χ2n) is 8.81. The highest BCUT2D eigenvalue weighted by atomic mass is 79.9. The summed E-state index contributed by atoms with van der Waals surface area (Å²) in [5.74, 6) is -0.132. The molecule has 1 saturated heterocycles. The Morgan fingerprint density at radius 3 is 2.53 bits per heavy atom. The third-order valence-corrected chi connectivity index (χ3v) is 6.74. The number of aromatic nitrogens is 1. The molecule has 0 bridgehead atoms. The van der Waals surface area contributed by atoms with Gasteiger partial charge in [0.25, 0.3) is 0 Å². The molecule has 0 radical (unpaired) electrons. The number of fused-ring (bicyclic) bond motifs is 1. The van der Waals surface area contributed by atoms with E-state index in [4.69, 9.17) is 4.74 Å². The normalized spacial score (nSPS) is 14.5. The Labute approximate surface area is 197 Å². The standard InChI is InChI=1S/C25H30BrN3O3/c1-4-32-25(31)23-21(16-28-12-8-9-13-28)29(17-10-6-5-7-11-17)20-14-19(26)24(30)18(22(20)23)15-27(2)3/h5-7,10-11,14,30H,4,8-9,12-13,15-16H2,1-3H3/p+2. The van der Waals surface area contributed by atoms with Gasteiger partial charge in [-0.15, -0.1) is 0 Å². The smallest absolute Gasteiger partial charge is 0.340 e. The molecule has 32 heavy (non-hydrogen) atoms. The number of quaternary nitrogens is 2. The van der Waals surface area contributed by atoms with E-state index in [0.717, 1.165) is 52.4 Å². The third-order valence-electron chi connectivity index (χ3n) is 6.14. The number of nitrogens with zero attached hydrogens (tertiary/aromatic N) is 1. The highest BCUT2D eigenvalue weighted by Gasteiger charge is 2.32. The van der Waals surface area contributed by atoms with Gasteiger partial charge in [0, 0.05) is 23.9 Å². The van der Waals surface area contributed by atoms with E-state index in [0.29, 0.717) is 23.2 Å². The lowest BCUT2D eigenvalue weighted by molar-refractivity contribution is -0.901. The molecule has 2 aromatic carbocycles. The molecular weight excluding hydrogens is 470 g/mol. The van der Waals surface area contributed by atoms with Gasteiger partial charge in [0.05, 0.1) is 60.6 Å². The van der Waals surface area contributed by atoms with Crippen LogP contribution in [0, 0.1) is 0 Å². The van der Waals surface area contributed by atoms with Crippen LogP contribution in [0.4, 0.5) is 0 Å². The lowest BCUT2D eigenvalue weighted by atomic mass is 10.0. The van der Waals surface area contributed by atoms with Crippen LogP contribution in [0.15, 0.2) is 40.9 Å². The highest BCUT2D eigenvalue weighted by molar-refractivity contribution is 9.10. The van der Waals surface area contributed by atoms with Crippen LogP contribution in [0.25, 0.3) is 16.6 Å². The number of phenols is 1. The summed E-state index contributed by atoms with van der Waals surface area (Å²) in [6.45, 7) is 5.67. The van der Waals surface area contributed by atoms with Gasteiger partial charge in [-0.05, 0) is 41.1 Å². The average Bonchev–Trinajstić information content (AvgIpc) is 3.38. The monoisotopic (exact) mass is 501 g/mol. The third kappa shape index (κ3) is 4.29. The first-order chi connectivity index (χ1) is 15.4. The van der Waals surface area contributed by atoms with Crippen LogP contribution in [-0.2, 0) is 17.8 Å². The summed E-state index contributed by atoms with van der Waals surface area (Å²) in [6, 6.07) is 12.1. The fourth-order valence-electron chi connectivity index (χ4n) is 4.81. The molecule has 0 amide bonds. The number of nitrogens with one attached hydrogen (secondary N) is 2. The van der Waals surface area contributed by atoms with Crippen LogP contribution in [0.2, 0.25) is 0 Å². The van der Waals surface area contributed by atoms with Crippen LogP contribution in [0.3, 0.4) is 0 Å². The number of phenolic OH excluding ortho intramolecular Hbond substituents is 1. The van der Waals surface area contributed by atoms with Gasteiger partial charge >= 0.3 is 5.97 Å². The number of ether oxygens (including phenoxy) is 1. The molecule has 6 nitrogen and oxygen atoms in total. The van der Waals surface area contributed by atoms with E-state index in [-0.39, 0.29) is 11.7 Å². The Bertz CT molecular complexity index is 1120. The van der Waals surface area contributed by atoms with Crippen molar-refractivity contribution in [2.24, 2.45) is 0 Å². The number of likely N-dealkylation sites (tertiary alicyclic amines) is 1. The minimum atomic E-state index is -0.322. The van der Waals surface area contributed by atoms with Gasteiger partial charge in [0.15, 0.2) is 0 Å². The molecule has 1 aliphatic rings. The zero-order valence-corrected chi connectivity index (χ0v) is 20.6. The SMILES string of the molecule is CCOC(=O)c1c(C[NH+]2CCCC2)n(-c2ccccc2)c2cc(Br)c(O)c(C[NH+](C)C)c12. The predicted octanol–water partition coefficient (Wildman–Crippen LogP) is 2.10.